The number of aliphatic carboxylic acids is 2. The standard InChI is InChI=1S/C14H15ClN2O2.C2HF3O2/c1-9(14(18)19)17(2)8-13-12-4-3-11(15)7-10(12)5-6-16-13;3-2(4,5)1(6)7/h3-7,9H,8H2,1-2H3,(H,18,19);(H,6,7). The summed E-state index contributed by atoms with van der Waals surface area (Å²) in [5.41, 5.74) is 0.852. The van der Waals surface area contributed by atoms with Gasteiger partial charge in [0.15, 0.2) is 0 Å². The lowest BCUT2D eigenvalue weighted by atomic mass is 10.1. The van der Waals surface area contributed by atoms with E-state index in [4.69, 9.17) is 26.6 Å². The Morgan fingerprint density at radius 3 is 2.35 bits per heavy atom. The zero-order valence-corrected chi connectivity index (χ0v) is 14.5. The molecule has 0 saturated carbocycles. The maximum atomic E-state index is 11.0. The Bertz CT molecular complexity index is 799. The summed E-state index contributed by atoms with van der Waals surface area (Å²) < 4.78 is 31.7. The number of benzene rings is 1. The minimum absolute atomic E-state index is 0.479. The molecule has 0 radical (unpaired) electrons. The van der Waals surface area contributed by atoms with Crippen molar-refractivity contribution in [1.82, 2.24) is 9.88 Å². The molecule has 2 N–H and O–H groups in total. The highest BCUT2D eigenvalue weighted by atomic mass is 35.5. The summed E-state index contributed by atoms with van der Waals surface area (Å²) >= 11 is 5.96. The van der Waals surface area contributed by atoms with Gasteiger partial charge in [0.25, 0.3) is 0 Å². The van der Waals surface area contributed by atoms with Gasteiger partial charge in [0.05, 0.1) is 5.69 Å². The molecule has 1 atom stereocenters. The summed E-state index contributed by atoms with van der Waals surface area (Å²) in [7, 11) is 1.77. The van der Waals surface area contributed by atoms with Gasteiger partial charge in [0.2, 0.25) is 0 Å². The number of hydrogen-bond donors (Lipinski definition) is 2. The van der Waals surface area contributed by atoms with Crippen molar-refractivity contribution in [2.75, 3.05) is 7.05 Å². The van der Waals surface area contributed by atoms with Crippen LogP contribution in [-0.2, 0) is 16.1 Å². The van der Waals surface area contributed by atoms with E-state index in [1.54, 1.807) is 25.1 Å². The molecule has 2 rings (SSSR count). The Morgan fingerprint density at radius 1 is 1.27 bits per heavy atom. The monoisotopic (exact) mass is 392 g/mol. The SMILES string of the molecule is CC(C(=O)O)N(C)Cc1nccc2cc(Cl)ccc12.O=C(O)C(F)(F)F. The van der Waals surface area contributed by atoms with Crippen molar-refractivity contribution >= 4 is 34.3 Å². The second kappa shape index (κ2) is 8.81. The smallest absolute Gasteiger partial charge is 0.480 e. The Labute approximate surface area is 151 Å². The van der Waals surface area contributed by atoms with Crippen molar-refractivity contribution in [3.63, 3.8) is 0 Å². The van der Waals surface area contributed by atoms with E-state index in [0.29, 0.717) is 11.6 Å². The van der Waals surface area contributed by atoms with Crippen LogP contribution in [0.3, 0.4) is 0 Å². The van der Waals surface area contributed by atoms with Crippen LogP contribution in [0.2, 0.25) is 5.02 Å². The fraction of sp³-hybridized carbons (Fsp3) is 0.312. The van der Waals surface area contributed by atoms with Crippen LogP contribution in [0.4, 0.5) is 13.2 Å². The summed E-state index contributed by atoms with van der Waals surface area (Å²) in [5, 5.41) is 18.8. The lowest BCUT2D eigenvalue weighted by Gasteiger charge is -2.21. The van der Waals surface area contributed by atoms with Crippen molar-refractivity contribution in [2.24, 2.45) is 0 Å². The number of carboxylic acid groups (broad SMARTS) is 2. The Balaban J connectivity index is 0.000000412. The minimum Gasteiger partial charge on any atom is -0.480 e. The Morgan fingerprint density at radius 2 is 1.85 bits per heavy atom. The molecule has 0 fully saturated rings. The molecule has 1 aromatic carbocycles. The Kier molecular flexibility index (Phi) is 7.34. The highest BCUT2D eigenvalue weighted by Gasteiger charge is 2.38. The van der Waals surface area contributed by atoms with Crippen molar-refractivity contribution in [3.8, 4) is 0 Å². The number of nitrogens with zero attached hydrogens (tertiary/aromatic N) is 2. The van der Waals surface area contributed by atoms with Crippen molar-refractivity contribution < 1.29 is 33.0 Å². The largest absolute Gasteiger partial charge is 0.490 e. The average molecular weight is 393 g/mol. The van der Waals surface area contributed by atoms with Crippen LogP contribution in [0.5, 0.6) is 0 Å². The van der Waals surface area contributed by atoms with Gasteiger partial charge < -0.3 is 10.2 Å². The maximum Gasteiger partial charge on any atom is 0.490 e. The molecule has 10 heteroatoms. The van der Waals surface area contributed by atoms with E-state index in [2.05, 4.69) is 4.98 Å². The molecule has 0 aliphatic carbocycles. The number of alkyl halides is 3. The van der Waals surface area contributed by atoms with E-state index in [0.717, 1.165) is 16.5 Å². The van der Waals surface area contributed by atoms with Gasteiger partial charge in [-0.2, -0.15) is 13.2 Å². The molecule has 1 heterocycles. The molecule has 0 saturated heterocycles. The molecule has 2 aromatic rings. The first-order chi connectivity index (χ1) is 11.9. The third kappa shape index (κ3) is 6.16. The molecular weight excluding hydrogens is 377 g/mol. The van der Waals surface area contributed by atoms with Gasteiger partial charge in [0, 0.05) is 23.2 Å². The van der Waals surface area contributed by atoms with Crippen LogP contribution >= 0.6 is 11.6 Å². The van der Waals surface area contributed by atoms with Gasteiger partial charge in [-0.15, -0.1) is 0 Å². The van der Waals surface area contributed by atoms with Gasteiger partial charge in [-0.25, -0.2) is 4.79 Å². The zero-order chi connectivity index (χ0) is 20.1. The van der Waals surface area contributed by atoms with Gasteiger partial charge in [-0.05, 0) is 37.6 Å². The molecule has 26 heavy (non-hydrogen) atoms. The van der Waals surface area contributed by atoms with E-state index < -0.39 is 24.2 Å². The van der Waals surface area contributed by atoms with Crippen LogP contribution in [-0.4, -0.2) is 51.3 Å². The van der Waals surface area contributed by atoms with Gasteiger partial charge in [-0.1, -0.05) is 17.7 Å². The lowest BCUT2D eigenvalue weighted by Crippen LogP contribution is -2.35. The molecule has 0 amide bonds. The summed E-state index contributed by atoms with van der Waals surface area (Å²) in [6, 6.07) is 6.95. The molecule has 6 nitrogen and oxygen atoms in total. The number of halogens is 4. The first-order valence-corrected chi connectivity index (χ1v) is 7.57. The number of aromatic nitrogens is 1. The van der Waals surface area contributed by atoms with Crippen LogP contribution < -0.4 is 0 Å². The molecule has 0 aliphatic heterocycles. The number of likely N-dealkylation sites (N-methyl/N-ethyl adjacent to an activating group) is 1. The molecule has 0 aliphatic rings. The predicted molar refractivity (Wildman–Crippen MR) is 89.0 cm³/mol. The lowest BCUT2D eigenvalue weighted by molar-refractivity contribution is -0.192. The third-order valence-electron chi connectivity index (χ3n) is 3.47. The van der Waals surface area contributed by atoms with Crippen LogP contribution in [0, 0.1) is 0 Å². The number of pyridine rings is 1. The van der Waals surface area contributed by atoms with E-state index in [1.165, 1.54) is 0 Å². The van der Waals surface area contributed by atoms with Gasteiger partial charge in [-0.3, -0.25) is 14.7 Å². The fourth-order valence-corrected chi connectivity index (χ4v) is 2.08. The number of rotatable bonds is 4. The molecule has 1 aromatic heterocycles. The molecule has 0 bridgehead atoms. The number of carboxylic acids is 2. The average Bonchev–Trinajstić information content (AvgIpc) is 2.53. The normalized spacial score (nSPS) is 12.4. The van der Waals surface area contributed by atoms with Crippen LogP contribution in [0.15, 0.2) is 30.5 Å². The maximum absolute atomic E-state index is 11.0. The third-order valence-corrected chi connectivity index (χ3v) is 3.70. The summed E-state index contributed by atoms with van der Waals surface area (Å²) in [6.45, 7) is 2.14. The summed E-state index contributed by atoms with van der Waals surface area (Å²) in [6.07, 6.45) is -3.37. The van der Waals surface area contributed by atoms with Gasteiger partial charge >= 0.3 is 18.1 Å². The summed E-state index contributed by atoms with van der Waals surface area (Å²) in [5.74, 6) is -3.60. The van der Waals surface area contributed by atoms with Crippen molar-refractivity contribution in [3.05, 3.63) is 41.2 Å². The highest BCUT2D eigenvalue weighted by Crippen LogP contribution is 2.22. The molecular formula is C16H16ClF3N2O4. The minimum atomic E-state index is -5.08. The fourth-order valence-electron chi connectivity index (χ4n) is 1.90. The van der Waals surface area contributed by atoms with E-state index in [9.17, 15) is 18.0 Å². The van der Waals surface area contributed by atoms with Gasteiger partial charge in [0.1, 0.15) is 6.04 Å². The highest BCUT2D eigenvalue weighted by molar-refractivity contribution is 6.31. The van der Waals surface area contributed by atoms with E-state index >= 15 is 0 Å². The van der Waals surface area contributed by atoms with Crippen LogP contribution in [0.25, 0.3) is 10.8 Å². The van der Waals surface area contributed by atoms with Crippen molar-refractivity contribution in [1.29, 1.82) is 0 Å². The van der Waals surface area contributed by atoms with E-state index in [1.807, 2.05) is 24.3 Å². The second-order valence-corrected chi connectivity index (χ2v) is 5.79. The number of fused-ring (bicyclic) bond motifs is 1. The van der Waals surface area contributed by atoms with Crippen molar-refractivity contribution in [2.45, 2.75) is 25.7 Å². The molecule has 1 unspecified atom stereocenters. The first kappa shape index (κ1) is 21.7. The number of carbonyl (C=O) groups is 2. The molecule has 142 valence electrons. The summed E-state index contributed by atoms with van der Waals surface area (Å²) in [4.78, 5) is 25.9. The quantitative estimate of drug-likeness (QED) is 0.828. The van der Waals surface area contributed by atoms with E-state index in [-0.39, 0.29) is 0 Å². The predicted octanol–water partition coefficient (Wildman–Crippen LogP) is 3.43. The molecule has 0 spiro atoms. The topological polar surface area (TPSA) is 90.7 Å². The zero-order valence-electron chi connectivity index (χ0n) is 13.8. The Hall–Kier alpha value is -2.39. The first-order valence-electron chi connectivity index (χ1n) is 7.19. The number of hydrogen-bond acceptors (Lipinski definition) is 4. The van der Waals surface area contributed by atoms with Crippen LogP contribution in [0.1, 0.15) is 12.6 Å². The second-order valence-electron chi connectivity index (χ2n) is 5.36.